The van der Waals surface area contributed by atoms with Gasteiger partial charge in [-0.2, -0.15) is 0 Å². The maximum Gasteiger partial charge on any atom is 0.130 e. The summed E-state index contributed by atoms with van der Waals surface area (Å²) in [5.74, 6) is 1.23. The molecule has 1 aromatic rings. The van der Waals surface area contributed by atoms with Crippen molar-refractivity contribution in [2.24, 2.45) is 11.3 Å². The van der Waals surface area contributed by atoms with Gasteiger partial charge < -0.3 is 4.79 Å². The van der Waals surface area contributed by atoms with Crippen LogP contribution in [-0.2, 0) is 11.2 Å². The molecule has 1 nitrogen and oxygen atoms in total. The van der Waals surface area contributed by atoms with E-state index in [4.69, 9.17) is 0 Å². The first-order valence-electron chi connectivity index (χ1n) is 9.61. The summed E-state index contributed by atoms with van der Waals surface area (Å²) in [5.41, 5.74) is 1.66. The Bertz CT molecular complexity index is 458. The summed E-state index contributed by atoms with van der Waals surface area (Å²) in [5, 5.41) is 0. The van der Waals surface area contributed by atoms with Gasteiger partial charge in [-0.15, -0.1) is 0 Å². The summed E-state index contributed by atoms with van der Waals surface area (Å²) >= 11 is 0. The van der Waals surface area contributed by atoms with Crippen LogP contribution in [0.3, 0.4) is 0 Å². The van der Waals surface area contributed by atoms with Crippen LogP contribution in [0.25, 0.3) is 0 Å². The molecule has 0 N–H and O–H groups in total. The van der Waals surface area contributed by atoms with Crippen LogP contribution < -0.4 is 0 Å². The average Bonchev–Trinajstić information content (AvgIpc) is 2.53. The van der Waals surface area contributed by atoms with Crippen LogP contribution in [0.1, 0.15) is 83.6 Å². The molecule has 1 fully saturated rings. The lowest BCUT2D eigenvalue weighted by atomic mass is 9.70. The predicted octanol–water partition coefficient (Wildman–Crippen LogP) is 6.36. The number of ketones is 1. The fourth-order valence-electron chi connectivity index (χ4n) is 4.48. The Labute approximate surface area is 142 Å². The smallest absolute Gasteiger partial charge is 0.130 e. The predicted molar refractivity (Wildman–Crippen MR) is 98.6 cm³/mol. The van der Waals surface area contributed by atoms with E-state index in [2.05, 4.69) is 37.3 Å². The lowest BCUT2D eigenvalue weighted by Gasteiger charge is -2.34. The Morgan fingerprint density at radius 1 is 1.09 bits per heavy atom. The van der Waals surface area contributed by atoms with E-state index in [0.29, 0.717) is 5.78 Å². The molecular weight excluding hydrogens is 280 g/mol. The highest BCUT2D eigenvalue weighted by molar-refractivity contribution is 5.76. The topological polar surface area (TPSA) is 17.1 Å². The van der Waals surface area contributed by atoms with Gasteiger partial charge in [0.05, 0.1) is 0 Å². The molecule has 2 rings (SSSR count). The Balaban J connectivity index is 1.80. The van der Waals surface area contributed by atoms with E-state index in [1.807, 2.05) is 0 Å². The van der Waals surface area contributed by atoms with Crippen LogP contribution in [0, 0.1) is 11.3 Å². The second-order valence-corrected chi connectivity index (χ2v) is 8.09. The van der Waals surface area contributed by atoms with Gasteiger partial charge in [-0.3, -0.25) is 0 Å². The van der Waals surface area contributed by atoms with Gasteiger partial charge in [-0.05, 0) is 49.5 Å². The van der Waals surface area contributed by atoms with Gasteiger partial charge in [-0.1, -0.05) is 75.8 Å². The van der Waals surface area contributed by atoms with Gasteiger partial charge in [0.15, 0.2) is 0 Å². The van der Waals surface area contributed by atoms with Crippen molar-refractivity contribution in [3.8, 4) is 0 Å². The average molecular weight is 315 g/mol. The SMILES string of the molecule is CC(=O)C[C@](C)(CCCCc1ccccc1)CC1CCCCC1. The zero-order valence-electron chi connectivity index (χ0n) is 15.2. The zero-order valence-corrected chi connectivity index (χ0v) is 15.2. The molecule has 0 radical (unpaired) electrons. The third-order valence-electron chi connectivity index (χ3n) is 5.52. The minimum absolute atomic E-state index is 0.227. The number of Topliss-reactive ketones (excluding diaryl/α,β-unsaturated/α-hetero) is 1. The maximum atomic E-state index is 11.8. The second kappa shape index (κ2) is 9.25. The van der Waals surface area contributed by atoms with E-state index in [0.717, 1.165) is 12.3 Å². The zero-order chi connectivity index (χ0) is 16.5. The van der Waals surface area contributed by atoms with E-state index >= 15 is 0 Å². The Hall–Kier alpha value is -1.11. The van der Waals surface area contributed by atoms with E-state index in [9.17, 15) is 4.79 Å². The highest BCUT2D eigenvalue weighted by Gasteiger charge is 2.29. The monoisotopic (exact) mass is 314 g/mol. The Kier molecular flexibility index (Phi) is 7.33. The molecule has 0 unspecified atom stereocenters. The quantitative estimate of drug-likeness (QED) is 0.485. The highest BCUT2D eigenvalue weighted by Crippen LogP contribution is 2.40. The van der Waals surface area contributed by atoms with Crippen LogP contribution in [0.15, 0.2) is 30.3 Å². The van der Waals surface area contributed by atoms with Gasteiger partial charge in [0.25, 0.3) is 0 Å². The van der Waals surface area contributed by atoms with Crippen LogP contribution in [0.5, 0.6) is 0 Å². The van der Waals surface area contributed by atoms with Crippen molar-refractivity contribution in [2.75, 3.05) is 0 Å². The van der Waals surface area contributed by atoms with Gasteiger partial charge in [-0.25, -0.2) is 0 Å². The molecule has 128 valence electrons. The molecule has 23 heavy (non-hydrogen) atoms. The van der Waals surface area contributed by atoms with Crippen LogP contribution in [0.2, 0.25) is 0 Å². The van der Waals surface area contributed by atoms with Crippen molar-refractivity contribution in [1.29, 1.82) is 0 Å². The molecular formula is C22H34O. The molecule has 0 amide bonds. The number of carbonyl (C=O) groups excluding carboxylic acids is 1. The Morgan fingerprint density at radius 2 is 1.78 bits per heavy atom. The molecule has 0 aromatic heterocycles. The molecule has 0 spiro atoms. The van der Waals surface area contributed by atoms with Gasteiger partial charge >= 0.3 is 0 Å². The largest absolute Gasteiger partial charge is 0.300 e. The van der Waals surface area contributed by atoms with Crippen molar-refractivity contribution in [2.45, 2.75) is 84.5 Å². The standard InChI is InChI=1S/C22H34O/c1-19(23)17-22(2,18-21-14-7-4-8-15-21)16-10-9-13-20-11-5-3-6-12-20/h3,5-6,11-12,21H,4,7-10,13-18H2,1-2H3/t22-/m0/s1. The molecule has 1 atom stereocenters. The number of benzene rings is 1. The summed E-state index contributed by atoms with van der Waals surface area (Å²) in [6, 6.07) is 10.8. The summed E-state index contributed by atoms with van der Waals surface area (Å²) in [7, 11) is 0. The first kappa shape index (κ1) is 18.2. The molecule has 0 bridgehead atoms. The van der Waals surface area contributed by atoms with E-state index in [-0.39, 0.29) is 5.41 Å². The van der Waals surface area contributed by atoms with E-state index < -0.39 is 0 Å². The fraction of sp³-hybridized carbons (Fsp3) is 0.682. The number of carbonyl (C=O) groups is 1. The van der Waals surface area contributed by atoms with Gasteiger partial charge in [0.2, 0.25) is 0 Å². The fourth-order valence-corrected chi connectivity index (χ4v) is 4.48. The molecule has 0 heterocycles. The molecule has 1 aliphatic rings. The summed E-state index contributed by atoms with van der Waals surface area (Å²) in [4.78, 5) is 11.8. The summed E-state index contributed by atoms with van der Waals surface area (Å²) < 4.78 is 0. The third-order valence-corrected chi connectivity index (χ3v) is 5.52. The number of hydrogen-bond donors (Lipinski definition) is 0. The van der Waals surface area contributed by atoms with Gasteiger partial charge in [0, 0.05) is 6.42 Å². The van der Waals surface area contributed by atoms with Crippen molar-refractivity contribution in [3.63, 3.8) is 0 Å². The van der Waals surface area contributed by atoms with E-state index in [1.165, 1.54) is 69.8 Å². The van der Waals surface area contributed by atoms with Crippen LogP contribution >= 0.6 is 0 Å². The number of rotatable bonds is 9. The van der Waals surface area contributed by atoms with Gasteiger partial charge in [0.1, 0.15) is 5.78 Å². The van der Waals surface area contributed by atoms with Crippen molar-refractivity contribution < 1.29 is 4.79 Å². The van der Waals surface area contributed by atoms with Crippen LogP contribution in [0.4, 0.5) is 0 Å². The first-order chi connectivity index (χ1) is 11.1. The van der Waals surface area contributed by atoms with E-state index in [1.54, 1.807) is 6.92 Å². The summed E-state index contributed by atoms with van der Waals surface area (Å²) in [6.45, 7) is 4.13. The van der Waals surface area contributed by atoms with Crippen molar-refractivity contribution in [3.05, 3.63) is 35.9 Å². The Morgan fingerprint density at radius 3 is 2.43 bits per heavy atom. The maximum absolute atomic E-state index is 11.8. The lowest BCUT2D eigenvalue weighted by molar-refractivity contribution is -0.119. The van der Waals surface area contributed by atoms with Crippen LogP contribution in [-0.4, -0.2) is 5.78 Å². The normalized spacial score (nSPS) is 18.5. The lowest BCUT2D eigenvalue weighted by Crippen LogP contribution is -2.25. The number of unbranched alkanes of at least 4 members (excludes halogenated alkanes) is 1. The molecule has 1 saturated carbocycles. The number of hydrogen-bond acceptors (Lipinski definition) is 1. The molecule has 0 aliphatic heterocycles. The second-order valence-electron chi connectivity index (χ2n) is 8.09. The first-order valence-corrected chi connectivity index (χ1v) is 9.61. The molecule has 1 aromatic carbocycles. The highest BCUT2D eigenvalue weighted by atomic mass is 16.1. The minimum Gasteiger partial charge on any atom is -0.300 e. The number of aryl methyl sites for hydroxylation is 1. The molecule has 1 heteroatoms. The van der Waals surface area contributed by atoms with Crippen molar-refractivity contribution in [1.82, 2.24) is 0 Å². The van der Waals surface area contributed by atoms with Crippen molar-refractivity contribution >= 4 is 5.78 Å². The molecule has 1 aliphatic carbocycles. The molecule has 0 saturated heterocycles. The summed E-state index contributed by atoms with van der Waals surface area (Å²) in [6.07, 6.45) is 13.9. The minimum atomic E-state index is 0.227. The third kappa shape index (κ3) is 6.89.